The van der Waals surface area contributed by atoms with Gasteiger partial charge in [0.25, 0.3) is 0 Å². The van der Waals surface area contributed by atoms with Gasteiger partial charge in [0, 0.05) is 0 Å². The first kappa shape index (κ1) is 19.8. The Balaban J connectivity index is 0. The molecule has 0 bridgehead atoms. The zero-order chi connectivity index (χ0) is 14.9. The highest BCUT2D eigenvalue weighted by molar-refractivity contribution is 5.74. The standard InChI is InChI=1S/C13H12.3C2H6/c1-2-5-9-12(8-4-1)13-10-6-3-7-11-13;3*1-2/h1-4,6-11H,5H2;3*1-2H3. The summed E-state index contributed by atoms with van der Waals surface area (Å²) in [5, 5.41) is 0. The molecule has 2 rings (SSSR count). The van der Waals surface area contributed by atoms with Crippen molar-refractivity contribution in [3.05, 3.63) is 66.3 Å². The van der Waals surface area contributed by atoms with E-state index in [-0.39, 0.29) is 0 Å². The molecule has 1 aliphatic carbocycles. The van der Waals surface area contributed by atoms with Crippen molar-refractivity contribution >= 4 is 5.57 Å². The molecule has 0 nitrogen and oxygen atoms in total. The van der Waals surface area contributed by atoms with Crippen molar-refractivity contribution in [2.45, 2.75) is 48.0 Å². The van der Waals surface area contributed by atoms with E-state index in [2.05, 4.69) is 54.6 Å². The van der Waals surface area contributed by atoms with Gasteiger partial charge in [-0.25, -0.2) is 0 Å². The van der Waals surface area contributed by atoms with Crippen molar-refractivity contribution in [1.82, 2.24) is 0 Å². The zero-order valence-electron chi connectivity index (χ0n) is 13.5. The van der Waals surface area contributed by atoms with E-state index in [0.29, 0.717) is 0 Å². The Bertz CT molecular complexity index is 353. The predicted octanol–water partition coefficient (Wildman–Crippen LogP) is 6.66. The first-order chi connectivity index (χ1) is 9.47. The van der Waals surface area contributed by atoms with E-state index in [1.165, 1.54) is 11.1 Å². The van der Waals surface area contributed by atoms with Gasteiger partial charge in [-0.05, 0) is 17.6 Å². The molecule has 1 aromatic rings. The van der Waals surface area contributed by atoms with Crippen LogP contribution in [-0.4, -0.2) is 0 Å². The predicted molar refractivity (Wildman–Crippen MR) is 91.4 cm³/mol. The third kappa shape index (κ3) is 9.07. The van der Waals surface area contributed by atoms with Crippen molar-refractivity contribution in [1.29, 1.82) is 0 Å². The summed E-state index contributed by atoms with van der Waals surface area (Å²) in [6.45, 7) is 12.0. The van der Waals surface area contributed by atoms with Crippen molar-refractivity contribution in [3.8, 4) is 0 Å². The van der Waals surface area contributed by atoms with E-state index in [1.54, 1.807) is 0 Å². The van der Waals surface area contributed by atoms with Gasteiger partial charge in [-0.2, -0.15) is 0 Å². The third-order valence-corrected chi connectivity index (χ3v) is 2.10. The average Bonchev–Trinajstić information content (AvgIpc) is 2.83. The van der Waals surface area contributed by atoms with Crippen LogP contribution >= 0.6 is 0 Å². The number of hydrogen-bond acceptors (Lipinski definition) is 0. The second kappa shape index (κ2) is 16.4. The Morgan fingerprint density at radius 2 is 1.32 bits per heavy atom. The second-order valence-electron chi connectivity index (χ2n) is 3.05. The van der Waals surface area contributed by atoms with E-state index in [4.69, 9.17) is 0 Å². The average molecular weight is 258 g/mol. The molecule has 106 valence electrons. The van der Waals surface area contributed by atoms with Crippen molar-refractivity contribution in [2.24, 2.45) is 0 Å². The van der Waals surface area contributed by atoms with Crippen LogP contribution in [0, 0.1) is 0 Å². The van der Waals surface area contributed by atoms with E-state index in [1.807, 2.05) is 47.6 Å². The molecular formula is C19H30. The van der Waals surface area contributed by atoms with Crippen LogP contribution in [0.1, 0.15) is 53.5 Å². The smallest absolute Gasteiger partial charge is 0.0157 e. The Kier molecular flexibility index (Phi) is 17.1. The summed E-state index contributed by atoms with van der Waals surface area (Å²) >= 11 is 0. The van der Waals surface area contributed by atoms with Crippen LogP contribution in [0.4, 0.5) is 0 Å². The van der Waals surface area contributed by atoms with Crippen LogP contribution in [0.25, 0.3) is 5.57 Å². The summed E-state index contributed by atoms with van der Waals surface area (Å²) in [7, 11) is 0. The van der Waals surface area contributed by atoms with Gasteiger partial charge in [0.1, 0.15) is 0 Å². The Hall–Kier alpha value is -1.56. The molecule has 0 aromatic heterocycles. The Morgan fingerprint density at radius 1 is 0.737 bits per heavy atom. The second-order valence-corrected chi connectivity index (χ2v) is 3.05. The molecule has 1 aliphatic rings. The van der Waals surface area contributed by atoms with Crippen molar-refractivity contribution < 1.29 is 0 Å². The fourth-order valence-corrected chi connectivity index (χ4v) is 1.42. The maximum atomic E-state index is 2.25. The van der Waals surface area contributed by atoms with Gasteiger partial charge < -0.3 is 0 Å². The lowest BCUT2D eigenvalue weighted by Gasteiger charge is -2.00. The normalized spacial score (nSPS) is 11.4. The highest BCUT2D eigenvalue weighted by Gasteiger charge is 1.95. The molecule has 1 aromatic carbocycles. The van der Waals surface area contributed by atoms with E-state index in [9.17, 15) is 0 Å². The van der Waals surface area contributed by atoms with Gasteiger partial charge in [-0.15, -0.1) is 0 Å². The van der Waals surface area contributed by atoms with E-state index >= 15 is 0 Å². The van der Waals surface area contributed by atoms with E-state index < -0.39 is 0 Å². The van der Waals surface area contributed by atoms with Crippen LogP contribution in [-0.2, 0) is 0 Å². The van der Waals surface area contributed by atoms with Gasteiger partial charge in [-0.3, -0.25) is 0 Å². The largest absolute Gasteiger partial charge is 0.0807 e. The highest BCUT2D eigenvalue weighted by Crippen LogP contribution is 2.17. The molecule has 0 saturated carbocycles. The first-order valence-electron chi connectivity index (χ1n) is 7.55. The number of benzene rings is 1. The monoisotopic (exact) mass is 258 g/mol. The molecule has 19 heavy (non-hydrogen) atoms. The van der Waals surface area contributed by atoms with Crippen LogP contribution in [0.5, 0.6) is 0 Å². The lowest BCUT2D eigenvalue weighted by Crippen LogP contribution is -1.78. The summed E-state index contributed by atoms with van der Waals surface area (Å²) in [5.74, 6) is 0. The summed E-state index contributed by atoms with van der Waals surface area (Å²) < 4.78 is 0. The molecule has 0 radical (unpaired) electrons. The zero-order valence-corrected chi connectivity index (χ0v) is 13.5. The molecule has 0 heterocycles. The third-order valence-electron chi connectivity index (χ3n) is 2.10. The van der Waals surface area contributed by atoms with E-state index in [0.717, 1.165) is 6.42 Å². The molecule has 0 spiro atoms. The van der Waals surface area contributed by atoms with Gasteiger partial charge in [-0.1, -0.05) is 102 Å². The lowest BCUT2D eigenvalue weighted by molar-refractivity contribution is 1.40. The van der Waals surface area contributed by atoms with Crippen molar-refractivity contribution in [2.75, 3.05) is 0 Å². The fraction of sp³-hybridized carbons (Fsp3) is 0.368. The molecule has 0 saturated heterocycles. The molecule has 0 unspecified atom stereocenters. The summed E-state index contributed by atoms with van der Waals surface area (Å²) in [4.78, 5) is 0. The topological polar surface area (TPSA) is 0 Å². The Morgan fingerprint density at radius 3 is 1.89 bits per heavy atom. The SMILES string of the molecule is C1=CCC=C(c2ccccc2)C=C1.CC.CC.CC. The molecule has 0 atom stereocenters. The Labute approximate surface area is 120 Å². The number of rotatable bonds is 1. The van der Waals surface area contributed by atoms with Gasteiger partial charge in [0.05, 0.1) is 0 Å². The summed E-state index contributed by atoms with van der Waals surface area (Å²) in [6.07, 6.45) is 11.8. The molecule has 0 N–H and O–H groups in total. The number of hydrogen-bond donors (Lipinski definition) is 0. The molecule has 0 aliphatic heterocycles. The van der Waals surface area contributed by atoms with Crippen LogP contribution < -0.4 is 0 Å². The van der Waals surface area contributed by atoms with Crippen LogP contribution in [0.2, 0.25) is 0 Å². The maximum Gasteiger partial charge on any atom is -0.0157 e. The maximum absolute atomic E-state index is 2.25. The van der Waals surface area contributed by atoms with Gasteiger partial charge in [0.15, 0.2) is 0 Å². The fourth-order valence-electron chi connectivity index (χ4n) is 1.42. The van der Waals surface area contributed by atoms with Crippen LogP contribution in [0.3, 0.4) is 0 Å². The highest BCUT2D eigenvalue weighted by atomic mass is 14.0. The first-order valence-corrected chi connectivity index (χ1v) is 7.55. The minimum absolute atomic E-state index is 1.03. The molecule has 0 heteroatoms. The number of allylic oxidation sites excluding steroid dienone is 6. The van der Waals surface area contributed by atoms with Gasteiger partial charge >= 0.3 is 0 Å². The molecule has 0 fully saturated rings. The van der Waals surface area contributed by atoms with Crippen LogP contribution in [0.15, 0.2) is 60.7 Å². The van der Waals surface area contributed by atoms with Crippen molar-refractivity contribution in [3.63, 3.8) is 0 Å². The summed E-state index contributed by atoms with van der Waals surface area (Å²) in [5.41, 5.74) is 2.60. The minimum atomic E-state index is 1.03. The quantitative estimate of drug-likeness (QED) is 0.528. The van der Waals surface area contributed by atoms with Gasteiger partial charge in [0.2, 0.25) is 0 Å². The molecule has 0 amide bonds. The lowest BCUT2D eigenvalue weighted by atomic mass is 10.1. The minimum Gasteiger partial charge on any atom is -0.0807 e. The molecular weight excluding hydrogens is 228 g/mol. The summed E-state index contributed by atoms with van der Waals surface area (Å²) in [6, 6.07) is 10.5.